The number of hydrogen-bond acceptors (Lipinski definition) is 1. The highest BCUT2D eigenvalue weighted by atomic mass is 14.6. The molecule has 0 aliphatic heterocycles. The third-order valence-corrected chi connectivity index (χ3v) is 3.13. The molecule has 1 aromatic heterocycles. The molecule has 0 saturated heterocycles. The van der Waals surface area contributed by atoms with Crippen molar-refractivity contribution in [2.75, 3.05) is 0 Å². The van der Waals surface area contributed by atoms with Crippen molar-refractivity contribution in [1.29, 1.82) is 0 Å². The zero-order valence-corrected chi connectivity index (χ0v) is 9.27. The average molecular weight is 207 g/mol. The van der Waals surface area contributed by atoms with E-state index in [1.165, 1.54) is 27.1 Å². The Labute approximate surface area is 94.7 Å². The van der Waals surface area contributed by atoms with Crippen molar-refractivity contribution in [2.45, 2.75) is 13.3 Å². The summed E-state index contributed by atoms with van der Waals surface area (Å²) < 4.78 is 0. The Kier molecular flexibility index (Phi) is 2.10. The number of rotatable bonds is 1. The summed E-state index contributed by atoms with van der Waals surface area (Å²) in [5.74, 6) is 0. The molecule has 0 radical (unpaired) electrons. The van der Waals surface area contributed by atoms with E-state index in [1.807, 2.05) is 12.4 Å². The summed E-state index contributed by atoms with van der Waals surface area (Å²) in [5, 5.41) is 5.23. The van der Waals surface area contributed by atoms with Crippen LogP contribution in [0.15, 0.2) is 48.8 Å². The molecule has 0 spiro atoms. The van der Waals surface area contributed by atoms with Gasteiger partial charge in [-0.15, -0.1) is 0 Å². The summed E-state index contributed by atoms with van der Waals surface area (Å²) in [7, 11) is 0. The standard InChI is InChI=1S/C15H13N/c1-2-13-14-6-4-3-5-11(14)9-12-7-8-16-10-15(12)13/h3-10H,2H2,1H3. The summed E-state index contributed by atoms with van der Waals surface area (Å²) >= 11 is 0. The molecule has 0 bridgehead atoms. The molecule has 2 aromatic carbocycles. The lowest BCUT2D eigenvalue weighted by atomic mass is 9.97. The minimum absolute atomic E-state index is 1.05. The lowest BCUT2D eigenvalue weighted by molar-refractivity contribution is 1.17. The van der Waals surface area contributed by atoms with Gasteiger partial charge in [-0.2, -0.15) is 0 Å². The summed E-state index contributed by atoms with van der Waals surface area (Å²) in [6, 6.07) is 12.9. The summed E-state index contributed by atoms with van der Waals surface area (Å²) in [6.07, 6.45) is 4.88. The largest absolute Gasteiger partial charge is 0.264 e. The third kappa shape index (κ3) is 1.28. The van der Waals surface area contributed by atoms with Crippen LogP contribution in [0.4, 0.5) is 0 Å². The molecule has 0 atom stereocenters. The molecule has 1 heteroatoms. The van der Waals surface area contributed by atoms with E-state index >= 15 is 0 Å². The second kappa shape index (κ2) is 3.60. The Morgan fingerprint density at radius 3 is 2.69 bits per heavy atom. The van der Waals surface area contributed by atoms with Crippen LogP contribution in [0, 0.1) is 0 Å². The van der Waals surface area contributed by atoms with Gasteiger partial charge in [-0.05, 0) is 40.3 Å². The Balaban J connectivity index is 2.56. The molecule has 3 rings (SSSR count). The normalized spacial score (nSPS) is 11.1. The second-order valence-electron chi connectivity index (χ2n) is 4.03. The van der Waals surface area contributed by atoms with E-state index in [4.69, 9.17) is 0 Å². The summed E-state index contributed by atoms with van der Waals surface area (Å²) in [6.45, 7) is 2.20. The van der Waals surface area contributed by atoms with Gasteiger partial charge in [-0.1, -0.05) is 31.2 Å². The van der Waals surface area contributed by atoms with Gasteiger partial charge in [-0.25, -0.2) is 0 Å². The van der Waals surface area contributed by atoms with Crippen molar-refractivity contribution in [3.8, 4) is 0 Å². The van der Waals surface area contributed by atoms with Gasteiger partial charge in [0.1, 0.15) is 0 Å². The van der Waals surface area contributed by atoms with Crippen LogP contribution in [0.3, 0.4) is 0 Å². The zero-order valence-electron chi connectivity index (χ0n) is 9.27. The first kappa shape index (κ1) is 9.34. The molecule has 0 N–H and O–H groups in total. The fraction of sp³-hybridized carbons (Fsp3) is 0.133. The van der Waals surface area contributed by atoms with E-state index in [2.05, 4.69) is 48.3 Å². The van der Waals surface area contributed by atoms with Gasteiger partial charge < -0.3 is 0 Å². The minimum Gasteiger partial charge on any atom is -0.264 e. The molecule has 0 unspecified atom stereocenters. The number of pyridine rings is 1. The van der Waals surface area contributed by atoms with Crippen molar-refractivity contribution >= 4 is 21.5 Å². The SMILES string of the molecule is CCc1c2ccccc2cc2ccncc12. The highest BCUT2D eigenvalue weighted by Gasteiger charge is 2.04. The molecule has 16 heavy (non-hydrogen) atoms. The molecule has 1 nitrogen and oxygen atoms in total. The van der Waals surface area contributed by atoms with Crippen molar-refractivity contribution < 1.29 is 0 Å². The number of benzene rings is 2. The molecular weight excluding hydrogens is 194 g/mol. The highest BCUT2D eigenvalue weighted by Crippen LogP contribution is 2.27. The fourth-order valence-corrected chi connectivity index (χ4v) is 2.37. The minimum atomic E-state index is 1.05. The van der Waals surface area contributed by atoms with Crippen LogP contribution in [-0.2, 0) is 6.42 Å². The van der Waals surface area contributed by atoms with Crippen LogP contribution >= 0.6 is 0 Å². The van der Waals surface area contributed by atoms with E-state index in [-0.39, 0.29) is 0 Å². The van der Waals surface area contributed by atoms with Gasteiger partial charge >= 0.3 is 0 Å². The summed E-state index contributed by atoms with van der Waals surface area (Å²) in [4.78, 5) is 4.23. The van der Waals surface area contributed by atoms with Gasteiger partial charge in [0.25, 0.3) is 0 Å². The number of hydrogen-bond donors (Lipinski definition) is 0. The van der Waals surface area contributed by atoms with Crippen LogP contribution < -0.4 is 0 Å². The average Bonchev–Trinajstić information content (AvgIpc) is 2.36. The zero-order chi connectivity index (χ0) is 11.0. The fourth-order valence-electron chi connectivity index (χ4n) is 2.37. The van der Waals surface area contributed by atoms with E-state index in [0.717, 1.165) is 6.42 Å². The maximum Gasteiger partial charge on any atom is 0.0349 e. The van der Waals surface area contributed by atoms with Gasteiger partial charge in [0.05, 0.1) is 0 Å². The van der Waals surface area contributed by atoms with E-state index in [9.17, 15) is 0 Å². The molecule has 0 aliphatic rings. The molecule has 3 aromatic rings. The predicted octanol–water partition coefficient (Wildman–Crippen LogP) is 3.95. The molecule has 0 fully saturated rings. The van der Waals surface area contributed by atoms with E-state index in [0.29, 0.717) is 0 Å². The Morgan fingerprint density at radius 1 is 1.00 bits per heavy atom. The molecule has 0 saturated carbocycles. The van der Waals surface area contributed by atoms with Crippen LogP contribution in [0.5, 0.6) is 0 Å². The molecule has 78 valence electrons. The highest BCUT2D eigenvalue weighted by molar-refractivity contribution is 6.01. The van der Waals surface area contributed by atoms with E-state index in [1.54, 1.807) is 0 Å². The smallest absolute Gasteiger partial charge is 0.0349 e. The number of aryl methyl sites for hydroxylation is 1. The van der Waals surface area contributed by atoms with E-state index < -0.39 is 0 Å². The lowest BCUT2D eigenvalue weighted by Gasteiger charge is -2.08. The molecule has 1 heterocycles. The monoisotopic (exact) mass is 207 g/mol. The van der Waals surface area contributed by atoms with Crippen molar-refractivity contribution in [1.82, 2.24) is 4.98 Å². The third-order valence-electron chi connectivity index (χ3n) is 3.13. The number of fused-ring (bicyclic) bond motifs is 2. The first-order chi connectivity index (χ1) is 7.90. The van der Waals surface area contributed by atoms with Crippen LogP contribution in [-0.4, -0.2) is 4.98 Å². The predicted molar refractivity (Wildman–Crippen MR) is 68.6 cm³/mol. The lowest BCUT2D eigenvalue weighted by Crippen LogP contribution is -1.88. The van der Waals surface area contributed by atoms with Crippen LogP contribution in [0.2, 0.25) is 0 Å². The maximum atomic E-state index is 4.23. The van der Waals surface area contributed by atoms with Gasteiger partial charge in [-0.3, -0.25) is 4.98 Å². The Morgan fingerprint density at radius 2 is 1.81 bits per heavy atom. The Hall–Kier alpha value is -1.89. The number of nitrogens with zero attached hydrogens (tertiary/aromatic N) is 1. The Bertz CT molecular complexity index is 602. The summed E-state index contributed by atoms with van der Waals surface area (Å²) in [5.41, 5.74) is 1.40. The van der Waals surface area contributed by atoms with Gasteiger partial charge in [0, 0.05) is 17.8 Å². The van der Waals surface area contributed by atoms with Crippen molar-refractivity contribution in [3.05, 3.63) is 54.4 Å². The quantitative estimate of drug-likeness (QED) is 0.550. The van der Waals surface area contributed by atoms with Crippen LogP contribution in [0.25, 0.3) is 21.5 Å². The molecule has 0 aliphatic carbocycles. The topological polar surface area (TPSA) is 12.9 Å². The van der Waals surface area contributed by atoms with Crippen molar-refractivity contribution in [3.63, 3.8) is 0 Å². The second-order valence-corrected chi connectivity index (χ2v) is 4.03. The van der Waals surface area contributed by atoms with Crippen molar-refractivity contribution in [2.24, 2.45) is 0 Å². The van der Waals surface area contributed by atoms with Gasteiger partial charge in [0.2, 0.25) is 0 Å². The van der Waals surface area contributed by atoms with Crippen LogP contribution in [0.1, 0.15) is 12.5 Å². The molecule has 0 amide bonds. The molecular formula is C15H13N. The van der Waals surface area contributed by atoms with Gasteiger partial charge in [0.15, 0.2) is 0 Å². The number of aromatic nitrogens is 1. The maximum absolute atomic E-state index is 4.23. The first-order valence-corrected chi connectivity index (χ1v) is 5.64. The first-order valence-electron chi connectivity index (χ1n) is 5.64.